The number of hydrogen-bond acceptors (Lipinski definition) is 6. The molecular weight excluding hydrogens is 436 g/mol. The van der Waals surface area contributed by atoms with Gasteiger partial charge in [0.25, 0.3) is 11.8 Å². The van der Waals surface area contributed by atoms with Crippen LogP contribution < -0.4 is 0 Å². The number of amides is 4. The molecule has 1 aliphatic rings. The maximum atomic E-state index is 12.6. The highest BCUT2D eigenvalue weighted by Gasteiger charge is 2.37. The van der Waals surface area contributed by atoms with Gasteiger partial charge in [0, 0.05) is 49.4 Å². The highest BCUT2D eigenvalue weighted by atomic mass is 16.7. The predicted octanol–water partition coefficient (Wildman–Crippen LogP) is 3.54. The van der Waals surface area contributed by atoms with E-state index in [0.717, 1.165) is 43.7 Å². The average Bonchev–Trinajstić information content (AvgIpc) is 3.14. The van der Waals surface area contributed by atoms with Gasteiger partial charge in [-0.3, -0.25) is 19.4 Å². The number of rotatable bonds is 4. The Kier molecular flexibility index (Phi) is 5.78. The first-order valence-corrected chi connectivity index (χ1v) is 10.7. The smallest absolute Gasteiger partial charge is 0.333 e. The van der Waals surface area contributed by atoms with E-state index in [1.165, 1.54) is 27.1 Å². The van der Waals surface area contributed by atoms with E-state index in [9.17, 15) is 19.2 Å². The molecule has 0 atom stereocenters. The Hall–Kier alpha value is -4.27. The number of fused-ring (bicyclic) bond motifs is 3. The number of urea groups is 1. The van der Waals surface area contributed by atoms with Crippen molar-refractivity contribution in [3.05, 3.63) is 53.1 Å². The summed E-state index contributed by atoms with van der Waals surface area (Å²) in [5.41, 5.74) is 3.95. The van der Waals surface area contributed by atoms with Crippen LogP contribution in [-0.4, -0.2) is 58.0 Å². The summed E-state index contributed by atoms with van der Waals surface area (Å²) in [6.07, 6.45) is 1.51. The van der Waals surface area contributed by atoms with Gasteiger partial charge in [-0.25, -0.2) is 9.59 Å². The molecule has 0 saturated carbocycles. The second-order valence-electron chi connectivity index (χ2n) is 8.08. The maximum absolute atomic E-state index is 12.6. The highest BCUT2D eigenvalue weighted by molar-refractivity contribution is 6.30. The number of hydrogen-bond donors (Lipinski definition) is 0. The van der Waals surface area contributed by atoms with Crippen molar-refractivity contribution >= 4 is 57.4 Å². The molecule has 4 rings (SSSR count). The third kappa shape index (κ3) is 3.75. The lowest BCUT2D eigenvalue weighted by atomic mass is 10.0. The minimum atomic E-state index is -0.660. The Morgan fingerprint density at radius 2 is 1.53 bits per heavy atom. The third-order valence-electron chi connectivity index (χ3n) is 5.89. The first-order valence-electron chi connectivity index (χ1n) is 10.7. The standard InChI is InChI=1S/C25H24N4O5/c1-6-29-21-9-7-16(12-20-23(31)27(4)25(33)28(5)24(20)32)11-18(21)19-13-17(8-10-22(19)29)14(2)26-34-15(3)30/h7-13H,6H2,1-5H3. The molecule has 0 unspecified atom stereocenters. The molecule has 0 radical (unpaired) electrons. The fraction of sp³-hybridized carbons (Fsp3) is 0.240. The molecule has 2 heterocycles. The van der Waals surface area contributed by atoms with Crippen LogP contribution in [0.15, 0.2) is 47.1 Å². The second kappa shape index (κ2) is 8.58. The van der Waals surface area contributed by atoms with E-state index in [0.29, 0.717) is 11.3 Å². The zero-order valence-corrected chi connectivity index (χ0v) is 19.6. The molecule has 0 N–H and O–H groups in total. The fourth-order valence-electron chi connectivity index (χ4n) is 4.10. The molecule has 1 saturated heterocycles. The molecule has 9 heteroatoms. The van der Waals surface area contributed by atoms with Crippen molar-refractivity contribution in [3.8, 4) is 0 Å². The van der Waals surface area contributed by atoms with Crippen molar-refractivity contribution in [2.24, 2.45) is 5.16 Å². The summed E-state index contributed by atoms with van der Waals surface area (Å²) in [5.74, 6) is -1.77. The summed E-state index contributed by atoms with van der Waals surface area (Å²) in [4.78, 5) is 54.9. The highest BCUT2D eigenvalue weighted by Crippen LogP contribution is 2.32. The van der Waals surface area contributed by atoms with E-state index < -0.39 is 23.8 Å². The van der Waals surface area contributed by atoms with Crippen LogP contribution in [0.2, 0.25) is 0 Å². The molecule has 34 heavy (non-hydrogen) atoms. The average molecular weight is 460 g/mol. The summed E-state index contributed by atoms with van der Waals surface area (Å²) >= 11 is 0. The van der Waals surface area contributed by atoms with Gasteiger partial charge in [0.05, 0.1) is 5.71 Å². The van der Waals surface area contributed by atoms with Crippen molar-refractivity contribution in [3.63, 3.8) is 0 Å². The van der Waals surface area contributed by atoms with Gasteiger partial charge in [-0.2, -0.15) is 0 Å². The Labute approximate surface area is 195 Å². The molecule has 1 aliphatic heterocycles. The number of likely N-dealkylation sites (N-methyl/N-ethyl adjacent to an activating group) is 2. The molecule has 0 aliphatic carbocycles. The number of imide groups is 2. The van der Waals surface area contributed by atoms with Crippen molar-refractivity contribution in [1.82, 2.24) is 14.4 Å². The van der Waals surface area contributed by atoms with E-state index in [2.05, 4.69) is 16.6 Å². The topological polar surface area (TPSA) is 101 Å². The molecule has 174 valence electrons. The Bertz CT molecular complexity index is 1420. The van der Waals surface area contributed by atoms with Crippen LogP contribution in [0.25, 0.3) is 27.9 Å². The number of aryl methyl sites for hydroxylation is 1. The number of benzene rings is 2. The van der Waals surface area contributed by atoms with Crippen molar-refractivity contribution in [2.75, 3.05) is 14.1 Å². The molecule has 0 spiro atoms. The van der Waals surface area contributed by atoms with Gasteiger partial charge in [0.15, 0.2) is 0 Å². The van der Waals surface area contributed by atoms with Gasteiger partial charge in [0.1, 0.15) is 5.57 Å². The van der Waals surface area contributed by atoms with Gasteiger partial charge < -0.3 is 9.40 Å². The maximum Gasteiger partial charge on any atom is 0.333 e. The molecule has 9 nitrogen and oxygen atoms in total. The first kappa shape index (κ1) is 22.9. The number of nitrogens with zero attached hydrogens (tertiary/aromatic N) is 4. The van der Waals surface area contributed by atoms with Crippen LogP contribution in [0.3, 0.4) is 0 Å². The largest absolute Gasteiger partial charge is 0.341 e. The number of barbiturate groups is 1. The summed E-state index contributed by atoms with van der Waals surface area (Å²) in [6, 6.07) is 10.9. The monoisotopic (exact) mass is 460 g/mol. The lowest BCUT2D eigenvalue weighted by Crippen LogP contribution is -2.52. The van der Waals surface area contributed by atoms with Crippen LogP contribution in [-0.2, 0) is 25.8 Å². The van der Waals surface area contributed by atoms with Crippen molar-refractivity contribution < 1.29 is 24.0 Å². The number of aromatic nitrogens is 1. The summed E-state index contributed by atoms with van der Waals surface area (Å²) < 4.78 is 2.17. The molecule has 0 bridgehead atoms. The minimum Gasteiger partial charge on any atom is -0.341 e. The SMILES string of the molecule is CCn1c2ccc(C=C3C(=O)N(C)C(=O)N(C)C3=O)cc2c2cc(C(C)=NOC(C)=O)ccc21. The predicted molar refractivity (Wildman–Crippen MR) is 128 cm³/mol. The first-order chi connectivity index (χ1) is 16.1. The van der Waals surface area contributed by atoms with E-state index in [1.54, 1.807) is 6.92 Å². The minimum absolute atomic E-state index is 0.0757. The van der Waals surface area contributed by atoms with E-state index in [4.69, 9.17) is 4.84 Å². The van der Waals surface area contributed by atoms with Crippen LogP contribution in [0.4, 0.5) is 4.79 Å². The lowest BCUT2D eigenvalue weighted by Gasteiger charge is -2.28. The van der Waals surface area contributed by atoms with Gasteiger partial charge in [0.2, 0.25) is 0 Å². The van der Waals surface area contributed by atoms with Gasteiger partial charge in [-0.1, -0.05) is 17.3 Å². The van der Waals surface area contributed by atoms with Crippen LogP contribution in [0, 0.1) is 0 Å². The zero-order chi connectivity index (χ0) is 24.7. The number of carbonyl (C=O) groups excluding carboxylic acids is 4. The van der Waals surface area contributed by atoms with Crippen LogP contribution in [0.5, 0.6) is 0 Å². The Morgan fingerprint density at radius 1 is 0.941 bits per heavy atom. The van der Waals surface area contributed by atoms with Crippen molar-refractivity contribution in [1.29, 1.82) is 0 Å². The molecule has 1 fully saturated rings. The molecule has 1 aromatic heterocycles. The summed E-state index contributed by atoms with van der Waals surface area (Å²) in [5, 5.41) is 5.77. The molecule has 3 aromatic rings. The molecular formula is C25H24N4O5. The van der Waals surface area contributed by atoms with Gasteiger partial charge in [-0.15, -0.1) is 0 Å². The van der Waals surface area contributed by atoms with Gasteiger partial charge in [-0.05, 0) is 55.3 Å². The zero-order valence-electron chi connectivity index (χ0n) is 19.6. The molecule has 4 amide bonds. The summed E-state index contributed by atoms with van der Waals surface area (Å²) in [6.45, 7) is 5.85. The van der Waals surface area contributed by atoms with Crippen LogP contribution >= 0.6 is 0 Å². The Morgan fingerprint density at radius 3 is 2.12 bits per heavy atom. The van der Waals surface area contributed by atoms with E-state index >= 15 is 0 Å². The van der Waals surface area contributed by atoms with E-state index in [1.807, 2.05) is 36.4 Å². The lowest BCUT2D eigenvalue weighted by molar-refractivity contribution is -0.141. The Balaban J connectivity index is 1.87. The van der Waals surface area contributed by atoms with Gasteiger partial charge >= 0.3 is 12.0 Å². The summed E-state index contributed by atoms with van der Waals surface area (Å²) in [7, 11) is 2.70. The number of carbonyl (C=O) groups is 4. The van der Waals surface area contributed by atoms with E-state index in [-0.39, 0.29) is 5.57 Å². The number of oxime groups is 1. The normalized spacial score (nSPS) is 15.0. The van der Waals surface area contributed by atoms with Crippen molar-refractivity contribution in [2.45, 2.75) is 27.3 Å². The third-order valence-corrected chi connectivity index (χ3v) is 5.89. The van der Waals surface area contributed by atoms with Crippen LogP contribution in [0.1, 0.15) is 31.9 Å². The fourth-order valence-corrected chi connectivity index (χ4v) is 4.10. The quantitative estimate of drug-likeness (QED) is 0.195. The second-order valence-corrected chi connectivity index (χ2v) is 8.08. The molecule has 2 aromatic carbocycles.